The second-order valence-electron chi connectivity index (χ2n) is 6.48. The zero-order valence-corrected chi connectivity index (χ0v) is 15.1. The van der Waals surface area contributed by atoms with Crippen LogP contribution in [0.1, 0.15) is 44.1 Å². The van der Waals surface area contributed by atoms with Gasteiger partial charge in [0.2, 0.25) is 0 Å². The molecule has 2 aromatic carbocycles. The van der Waals surface area contributed by atoms with Crippen molar-refractivity contribution in [2.24, 2.45) is 0 Å². The maximum Gasteiger partial charge on any atom is 0.179 e. The van der Waals surface area contributed by atoms with Crippen LogP contribution in [-0.4, -0.2) is 27.2 Å². The van der Waals surface area contributed by atoms with Crippen LogP contribution >= 0.6 is 0 Å². The highest BCUT2D eigenvalue weighted by molar-refractivity contribution is 5.54. The Morgan fingerprint density at radius 2 is 1.50 bits per heavy atom. The van der Waals surface area contributed by atoms with Gasteiger partial charge in [0, 0.05) is 5.56 Å². The van der Waals surface area contributed by atoms with Crippen LogP contribution in [0.3, 0.4) is 0 Å². The fraction of sp³-hybridized carbons (Fsp3) is 0.381. The van der Waals surface area contributed by atoms with Crippen LogP contribution in [0.2, 0.25) is 0 Å². The Kier molecular flexibility index (Phi) is 7.20. The van der Waals surface area contributed by atoms with E-state index in [1.807, 2.05) is 24.3 Å². The second-order valence-corrected chi connectivity index (χ2v) is 6.48. The van der Waals surface area contributed by atoms with Gasteiger partial charge in [-0.05, 0) is 59.5 Å². The Morgan fingerprint density at radius 3 is 2.23 bits per heavy atom. The Labute approximate surface area is 154 Å². The Hall–Kier alpha value is -2.69. The largest absolute Gasteiger partial charge is 0.494 e. The van der Waals surface area contributed by atoms with Gasteiger partial charge < -0.3 is 4.74 Å². The molecule has 3 aromatic rings. The lowest BCUT2D eigenvalue weighted by atomic mass is 10.1. The van der Waals surface area contributed by atoms with Crippen LogP contribution in [0, 0.1) is 0 Å². The molecule has 0 aliphatic heterocycles. The molecule has 0 fully saturated rings. The Morgan fingerprint density at radius 1 is 0.769 bits per heavy atom. The van der Waals surface area contributed by atoms with E-state index in [-0.39, 0.29) is 0 Å². The quantitative estimate of drug-likeness (QED) is 0.503. The molecule has 0 aliphatic rings. The summed E-state index contributed by atoms with van der Waals surface area (Å²) in [6, 6.07) is 18.6. The Bertz CT molecular complexity index is 726. The molecule has 0 bridgehead atoms. The van der Waals surface area contributed by atoms with Crippen molar-refractivity contribution in [2.75, 3.05) is 6.61 Å². The summed E-state index contributed by atoms with van der Waals surface area (Å²) in [7, 11) is 0. The molecular weight excluding hydrogens is 324 g/mol. The fourth-order valence-corrected chi connectivity index (χ4v) is 2.96. The molecule has 26 heavy (non-hydrogen) atoms. The minimum absolute atomic E-state index is 0.670. The van der Waals surface area contributed by atoms with E-state index in [0.29, 0.717) is 5.82 Å². The molecule has 0 unspecified atom stereocenters. The van der Waals surface area contributed by atoms with Crippen LogP contribution in [0.5, 0.6) is 5.75 Å². The molecule has 0 aliphatic carbocycles. The second kappa shape index (κ2) is 10.3. The van der Waals surface area contributed by atoms with E-state index in [2.05, 4.69) is 51.0 Å². The zero-order chi connectivity index (χ0) is 17.9. The van der Waals surface area contributed by atoms with E-state index in [4.69, 9.17) is 4.74 Å². The van der Waals surface area contributed by atoms with Gasteiger partial charge in [-0.15, -0.1) is 5.10 Å². The third-order valence-electron chi connectivity index (χ3n) is 4.44. The van der Waals surface area contributed by atoms with Gasteiger partial charge in [-0.25, -0.2) is 5.10 Å². The first-order valence-corrected chi connectivity index (χ1v) is 9.43. The third kappa shape index (κ3) is 5.99. The molecule has 0 atom stereocenters. The summed E-state index contributed by atoms with van der Waals surface area (Å²) in [5.41, 5.74) is 2.41. The molecule has 1 N–H and O–H groups in total. The predicted molar refractivity (Wildman–Crippen MR) is 103 cm³/mol. The number of aromatic nitrogens is 4. The third-order valence-corrected chi connectivity index (χ3v) is 4.44. The highest BCUT2D eigenvalue weighted by Crippen LogP contribution is 2.18. The summed E-state index contributed by atoms with van der Waals surface area (Å²) >= 11 is 0. The minimum Gasteiger partial charge on any atom is -0.494 e. The molecule has 0 radical (unpaired) electrons. The number of benzene rings is 2. The molecule has 136 valence electrons. The van der Waals surface area contributed by atoms with Crippen molar-refractivity contribution in [2.45, 2.75) is 44.9 Å². The number of rotatable bonds is 11. The molecule has 3 rings (SSSR count). The smallest absolute Gasteiger partial charge is 0.179 e. The molecule has 5 heteroatoms. The first-order valence-electron chi connectivity index (χ1n) is 9.43. The topological polar surface area (TPSA) is 63.7 Å². The SMILES string of the molecule is c1ccc(CCCCCCCCOc2ccc(-c3nnn[nH]3)cc2)cc1. The van der Waals surface area contributed by atoms with Gasteiger partial charge in [0.25, 0.3) is 0 Å². The van der Waals surface area contributed by atoms with Gasteiger partial charge in [-0.2, -0.15) is 0 Å². The lowest BCUT2D eigenvalue weighted by Crippen LogP contribution is -1.97. The van der Waals surface area contributed by atoms with Crippen LogP contribution in [0.25, 0.3) is 11.4 Å². The van der Waals surface area contributed by atoms with Crippen molar-refractivity contribution >= 4 is 0 Å². The summed E-state index contributed by atoms with van der Waals surface area (Å²) in [6.45, 7) is 0.771. The van der Waals surface area contributed by atoms with Crippen molar-refractivity contribution in [1.29, 1.82) is 0 Å². The zero-order valence-electron chi connectivity index (χ0n) is 15.1. The van der Waals surface area contributed by atoms with Crippen molar-refractivity contribution < 1.29 is 4.74 Å². The van der Waals surface area contributed by atoms with Gasteiger partial charge in [0.05, 0.1) is 6.61 Å². The van der Waals surface area contributed by atoms with Gasteiger partial charge in [0.1, 0.15) is 5.75 Å². The van der Waals surface area contributed by atoms with Gasteiger partial charge in [-0.3, -0.25) is 0 Å². The van der Waals surface area contributed by atoms with E-state index in [9.17, 15) is 0 Å². The van der Waals surface area contributed by atoms with E-state index >= 15 is 0 Å². The minimum atomic E-state index is 0.670. The number of hydrogen-bond acceptors (Lipinski definition) is 4. The highest BCUT2D eigenvalue weighted by Gasteiger charge is 2.02. The average molecular weight is 350 g/mol. The summed E-state index contributed by atoms with van der Waals surface area (Å²) in [6.07, 6.45) is 8.73. The van der Waals surface area contributed by atoms with E-state index < -0.39 is 0 Å². The summed E-state index contributed by atoms with van der Waals surface area (Å²) in [4.78, 5) is 0. The number of unbranched alkanes of at least 4 members (excludes halogenated alkanes) is 5. The summed E-state index contributed by atoms with van der Waals surface area (Å²) < 4.78 is 5.80. The normalized spacial score (nSPS) is 10.8. The van der Waals surface area contributed by atoms with Crippen LogP contribution in [0.4, 0.5) is 0 Å². The van der Waals surface area contributed by atoms with Crippen LogP contribution in [0.15, 0.2) is 54.6 Å². The molecule has 1 aromatic heterocycles. The van der Waals surface area contributed by atoms with Crippen molar-refractivity contribution in [1.82, 2.24) is 20.6 Å². The number of aryl methyl sites for hydroxylation is 1. The Balaban J connectivity index is 1.21. The predicted octanol–water partition coefficient (Wildman–Crippen LogP) is 4.83. The molecule has 5 nitrogen and oxygen atoms in total. The summed E-state index contributed by atoms with van der Waals surface area (Å²) in [5, 5.41) is 13.8. The average Bonchev–Trinajstić information content (AvgIpc) is 3.23. The number of nitrogens with one attached hydrogen (secondary N) is 1. The highest BCUT2D eigenvalue weighted by atomic mass is 16.5. The maximum atomic E-state index is 5.80. The molecule has 0 saturated carbocycles. The first-order chi connectivity index (χ1) is 12.9. The van der Waals surface area contributed by atoms with Crippen molar-refractivity contribution in [3.8, 4) is 17.1 Å². The lowest BCUT2D eigenvalue weighted by Gasteiger charge is -2.07. The number of ether oxygens (including phenoxy) is 1. The standard InChI is InChI=1S/C21H26N4O/c1(3-6-10-18-11-7-5-8-12-18)2-4-9-17-26-20-15-13-19(14-16-20)21-22-24-25-23-21/h5,7-8,11-16H,1-4,6,9-10,17H2,(H,22,23,24,25). The molecule has 1 heterocycles. The molecule has 0 amide bonds. The van der Waals surface area contributed by atoms with Crippen molar-refractivity contribution in [3.63, 3.8) is 0 Å². The van der Waals surface area contributed by atoms with Crippen LogP contribution < -0.4 is 4.74 Å². The number of nitrogens with zero attached hydrogens (tertiary/aromatic N) is 3. The first kappa shape index (κ1) is 18.1. The van der Waals surface area contributed by atoms with E-state index in [1.54, 1.807) is 0 Å². The molecular formula is C21H26N4O. The molecule has 0 saturated heterocycles. The van der Waals surface area contributed by atoms with Gasteiger partial charge in [0.15, 0.2) is 5.82 Å². The number of hydrogen-bond donors (Lipinski definition) is 1. The number of aromatic amines is 1. The fourth-order valence-electron chi connectivity index (χ4n) is 2.96. The van der Waals surface area contributed by atoms with Crippen LogP contribution in [-0.2, 0) is 6.42 Å². The number of tetrazole rings is 1. The summed E-state index contributed by atoms with van der Waals surface area (Å²) in [5.74, 6) is 1.56. The molecule has 0 spiro atoms. The lowest BCUT2D eigenvalue weighted by molar-refractivity contribution is 0.304. The van der Waals surface area contributed by atoms with Crippen molar-refractivity contribution in [3.05, 3.63) is 60.2 Å². The van der Waals surface area contributed by atoms with E-state index in [0.717, 1.165) is 24.3 Å². The van der Waals surface area contributed by atoms with Gasteiger partial charge >= 0.3 is 0 Å². The van der Waals surface area contributed by atoms with E-state index in [1.165, 1.54) is 44.1 Å². The maximum absolute atomic E-state index is 5.80. The number of H-pyrrole nitrogens is 1. The van der Waals surface area contributed by atoms with Gasteiger partial charge in [-0.1, -0.05) is 56.0 Å². The monoisotopic (exact) mass is 350 g/mol.